The van der Waals surface area contributed by atoms with Crippen molar-refractivity contribution < 1.29 is 17.7 Å². The van der Waals surface area contributed by atoms with E-state index in [0.717, 1.165) is 5.56 Å². The Morgan fingerprint density at radius 3 is 2.65 bits per heavy atom. The molecule has 0 saturated carbocycles. The summed E-state index contributed by atoms with van der Waals surface area (Å²) >= 11 is 0. The largest absolute Gasteiger partial charge is 0.497 e. The number of aromatic nitrogens is 2. The molecule has 0 amide bonds. The number of hydrogen-bond donors (Lipinski definition) is 0. The fourth-order valence-corrected chi connectivity index (χ4v) is 5.35. The van der Waals surface area contributed by atoms with Gasteiger partial charge in [0.05, 0.1) is 12.0 Å². The smallest absolute Gasteiger partial charge is 0.245 e. The van der Waals surface area contributed by atoms with Gasteiger partial charge in [0.15, 0.2) is 5.82 Å². The van der Waals surface area contributed by atoms with Crippen molar-refractivity contribution in [2.45, 2.75) is 30.8 Å². The van der Waals surface area contributed by atoms with Crippen LogP contribution in [-0.4, -0.2) is 54.5 Å². The molecule has 1 fully saturated rings. The average molecular weight is 443 g/mol. The van der Waals surface area contributed by atoms with Crippen LogP contribution in [0.5, 0.6) is 5.75 Å². The standard InChI is InChI=1S/C22H26N4O4S/c1-17-23-22(30-24-17)21-16-26(31(27,28)20-11-6-10-19(14-20)29-2)13-7-12-25(21)15-18-8-4-3-5-9-18/h3-6,8-11,14,21H,7,12-13,15-16H2,1-2H3. The number of rotatable bonds is 6. The van der Waals surface area contributed by atoms with Gasteiger partial charge in [-0.05, 0) is 31.0 Å². The maximum Gasteiger partial charge on any atom is 0.245 e. The minimum Gasteiger partial charge on any atom is -0.497 e. The van der Waals surface area contributed by atoms with E-state index in [1.54, 1.807) is 31.2 Å². The van der Waals surface area contributed by atoms with Gasteiger partial charge in [0.1, 0.15) is 11.8 Å². The highest BCUT2D eigenvalue weighted by atomic mass is 32.2. The van der Waals surface area contributed by atoms with Gasteiger partial charge in [-0.2, -0.15) is 9.29 Å². The van der Waals surface area contributed by atoms with Gasteiger partial charge in [0.2, 0.25) is 15.9 Å². The van der Waals surface area contributed by atoms with E-state index in [1.807, 2.05) is 18.2 Å². The first-order valence-corrected chi connectivity index (χ1v) is 11.6. The van der Waals surface area contributed by atoms with Gasteiger partial charge in [0.25, 0.3) is 0 Å². The van der Waals surface area contributed by atoms with Gasteiger partial charge >= 0.3 is 0 Å². The Labute approximate surface area is 182 Å². The molecule has 3 aromatic rings. The molecule has 0 radical (unpaired) electrons. The number of methoxy groups -OCH3 is 1. The molecule has 0 N–H and O–H groups in total. The van der Waals surface area contributed by atoms with Crippen molar-refractivity contribution in [1.82, 2.24) is 19.3 Å². The topological polar surface area (TPSA) is 88.8 Å². The summed E-state index contributed by atoms with van der Waals surface area (Å²) in [6.45, 7) is 3.78. The molecule has 4 rings (SSSR count). The maximum absolute atomic E-state index is 13.4. The Kier molecular flexibility index (Phi) is 6.35. The molecule has 1 aromatic heterocycles. The first-order chi connectivity index (χ1) is 15.0. The monoisotopic (exact) mass is 442 g/mol. The summed E-state index contributed by atoms with van der Waals surface area (Å²) in [6.07, 6.45) is 0.694. The molecule has 1 saturated heterocycles. The minimum atomic E-state index is -3.71. The second-order valence-electron chi connectivity index (χ2n) is 7.55. The minimum absolute atomic E-state index is 0.212. The molecule has 2 aromatic carbocycles. The highest BCUT2D eigenvalue weighted by Crippen LogP contribution is 2.30. The Morgan fingerprint density at radius 2 is 1.94 bits per heavy atom. The van der Waals surface area contributed by atoms with Crippen molar-refractivity contribution in [3.05, 3.63) is 71.9 Å². The van der Waals surface area contributed by atoms with Crippen LogP contribution in [-0.2, 0) is 16.6 Å². The van der Waals surface area contributed by atoms with Crippen LogP contribution in [0.1, 0.15) is 29.7 Å². The SMILES string of the molecule is COc1cccc(S(=O)(=O)N2CCCN(Cc3ccccc3)C(c3nc(C)no3)C2)c1. The second-order valence-corrected chi connectivity index (χ2v) is 9.49. The Hall–Kier alpha value is -2.75. The van der Waals surface area contributed by atoms with Crippen molar-refractivity contribution in [2.24, 2.45) is 0 Å². The highest BCUT2D eigenvalue weighted by molar-refractivity contribution is 7.89. The van der Waals surface area contributed by atoms with Gasteiger partial charge in [-0.25, -0.2) is 8.42 Å². The van der Waals surface area contributed by atoms with Crippen LogP contribution >= 0.6 is 0 Å². The van der Waals surface area contributed by atoms with Gasteiger partial charge in [-0.3, -0.25) is 4.90 Å². The lowest BCUT2D eigenvalue weighted by Crippen LogP contribution is -2.37. The molecule has 1 atom stereocenters. The lowest BCUT2D eigenvalue weighted by Gasteiger charge is -2.29. The Balaban J connectivity index is 1.66. The third-order valence-corrected chi connectivity index (χ3v) is 7.27. The molecule has 0 spiro atoms. The number of sulfonamides is 1. The molecule has 1 aliphatic heterocycles. The van der Waals surface area contributed by atoms with Crippen molar-refractivity contribution >= 4 is 10.0 Å². The van der Waals surface area contributed by atoms with Crippen molar-refractivity contribution in [1.29, 1.82) is 0 Å². The lowest BCUT2D eigenvalue weighted by molar-refractivity contribution is 0.155. The summed E-state index contributed by atoms with van der Waals surface area (Å²) in [5.41, 5.74) is 1.15. The van der Waals surface area contributed by atoms with Gasteiger partial charge < -0.3 is 9.26 Å². The van der Waals surface area contributed by atoms with E-state index in [-0.39, 0.29) is 17.5 Å². The molecule has 1 unspecified atom stereocenters. The fourth-order valence-electron chi connectivity index (χ4n) is 3.82. The zero-order valence-electron chi connectivity index (χ0n) is 17.6. The van der Waals surface area contributed by atoms with Crippen molar-refractivity contribution in [3.8, 4) is 5.75 Å². The van der Waals surface area contributed by atoms with E-state index in [0.29, 0.717) is 43.5 Å². The summed E-state index contributed by atoms with van der Waals surface area (Å²) in [6, 6.07) is 16.3. The summed E-state index contributed by atoms with van der Waals surface area (Å²) in [4.78, 5) is 6.85. The van der Waals surface area contributed by atoms with Gasteiger partial charge in [0, 0.05) is 32.2 Å². The predicted molar refractivity (Wildman–Crippen MR) is 115 cm³/mol. The third-order valence-electron chi connectivity index (χ3n) is 5.41. The van der Waals surface area contributed by atoms with E-state index in [4.69, 9.17) is 9.26 Å². The average Bonchev–Trinajstić information content (AvgIpc) is 3.10. The van der Waals surface area contributed by atoms with E-state index in [9.17, 15) is 8.42 Å². The molecule has 164 valence electrons. The summed E-state index contributed by atoms with van der Waals surface area (Å²) in [5.74, 6) is 1.47. The van der Waals surface area contributed by atoms with Gasteiger partial charge in [-0.1, -0.05) is 41.6 Å². The molecular formula is C22H26N4O4S. The molecule has 0 aliphatic carbocycles. The van der Waals surface area contributed by atoms with Crippen LogP contribution < -0.4 is 4.74 Å². The van der Waals surface area contributed by atoms with Crippen LogP contribution in [0.4, 0.5) is 0 Å². The summed E-state index contributed by atoms with van der Waals surface area (Å²) < 4.78 is 39.1. The molecule has 1 aliphatic rings. The molecule has 0 bridgehead atoms. The van der Waals surface area contributed by atoms with Crippen LogP contribution in [0, 0.1) is 6.92 Å². The second kappa shape index (κ2) is 9.17. The number of nitrogens with zero attached hydrogens (tertiary/aromatic N) is 4. The molecule has 31 heavy (non-hydrogen) atoms. The fraction of sp³-hybridized carbons (Fsp3) is 0.364. The maximum atomic E-state index is 13.4. The quantitative estimate of drug-likeness (QED) is 0.580. The third kappa shape index (κ3) is 4.79. The number of benzene rings is 2. The van der Waals surface area contributed by atoms with Crippen LogP contribution in [0.15, 0.2) is 64.0 Å². The number of hydrogen-bond acceptors (Lipinski definition) is 7. The first-order valence-electron chi connectivity index (χ1n) is 10.2. The number of ether oxygens (including phenoxy) is 1. The molecule has 9 heteroatoms. The van der Waals surface area contributed by atoms with Gasteiger partial charge in [-0.15, -0.1) is 0 Å². The zero-order chi connectivity index (χ0) is 21.8. The van der Waals surface area contributed by atoms with E-state index in [2.05, 4.69) is 27.2 Å². The Morgan fingerprint density at radius 1 is 1.13 bits per heavy atom. The Bertz CT molecular complexity index is 1120. The van der Waals surface area contributed by atoms with E-state index in [1.165, 1.54) is 11.4 Å². The number of aryl methyl sites for hydroxylation is 1. The normalized spacial score (nSPS) is 18.6. The van der Waals surface area contributed by atoms with E-state index >= 15 is 0 Å². The van der Waals surface area contributed by atoms with Crippen LogP contribution in [0.2, 0.25) is 0 Å². The molecule has 2 heterocycles. The summed E-state index contributed by atoms with van der Waals surface area (Å²) in [7, 11) is -2.19. The summed E-state index contributed by atoms with van der Waals surface area (Å²) in [5, 5.41) is 3.93. The van der Waals surface area contributed by atoms with Crippen LogP contribution in [0.3, 0.4) is 0 Å². The van der Waals surface area contributed by atoms with E-state index < -0.39 is 10.0 Å². The van der Waals surface area contributed by atoms with Crippen LogP contribution in [0.25, 0.3) is 0 Å². The predicted octanol–water partition coefficient (Wildman–Crippen LogP) is 3.02. The highest BCUT2D eigenvalue weighted by Gasteiger charge is 2.36. The van der Waals surface area contributed by atoms with Crippen molar-refractivity contribution in [2.75, 3.05) is 26.7 Å². The lowest BCUT2D eigenvalue weighted by atomic mass is 10.1. The first kappa shape index (κ1) is 21.5. The van der Waals surface area contributed by atoms with Crippen molar-refractivity contribution in [3.63, 3.8) is 0 Å². The molecular weight excluding hydrogens is 416 g/mol. The zero-order valence-corrected chi connectivity index (χ0v) is 18.5. The molecule has 8 nitrogen and oxygen atoms in total.